The summed E-state index contributed by atoms with van der Waals surface area (Å²) in [6, 6.07) is 3.50. The average Bonchev–Trinajstić information content (AvgIpc) is 2.54. The second-order valence-corrected chi connectivity index (χ2v) is 4.73. The number of nitrogens with zero attached hydrogens (tertiary/aromatic N) is 2. The van der Waals surface area contributed by atoms with Crippen LogP contribution in [0.25, 0.3) is 10.9 Å². The van der Waals surface area contributed by atoms with Gasteiger partial charge in [-0.05, 0) is 13.0 Å². The average molecular weight is 333 g/mol. The molecule has 2 rings (SSSR count). The predicted molar refractivity (Wildman–Crippen MR) is 86.2 cm³/mol. The van der Waals surface area contributed by atoms with E-state index in [2.05, 4.69) is 11.9 Å². The number of nitrogens with one attached hydrogen (secondary N) is 1. The summed E-state index contributed by atoms with van der Waals surface area (Å²) in [5, 5.41) is 23.6. The zero-order valence-corrected chi connectivity index (χ0v) is 12.8. The minimum Gasteiger partial charge on any atom is -0.506 e. The Morgan fingerprint density at radius 2 is 2.25 bits per heavy atom. The van der Waals surface area contributed by atoms with E-state index in [-0.39, 0.29) is 29.7 Å². The van der Waals surface area contributed by atoms with Crippen LogP contribution in [0.3, 0.4) is 0 Å². The maximum absolute atomic E-state index is 12.5. The zero-order valence-electron chi connectivity index (χ0n) is 12.8. The largest absolute Gasteiger partial charge is 0.506 e. The number of benzene rings is 1. The van der Waals surface area contributed by atoms with Gasteiger partial charge in [-0.2, -0.15) is 0 Å². The second-order valence-electron chi connectivity index (χ2n) is 4.73. The van der Waals surface area contributed by atoms with Crippen molar-refractivity contribution < 1.29 is 19.7 Å². The van der Waals surface area contributed by atoms with E-state index >= 15 is 0 Å². The smallest absolute Gasteiger partial charge is 0.300 e. The summed E-state index contributed by atoms with van der Waals surface area (Å²) in [6.07, 6.45) is 1.39. The van der Waals surface area contributed by atoms with Gasteiger partial charge in [0.25, 0.3) is 17.2 Å². The molecule has 1 amide bonds. The van der Waals surface area contributed by atoms with E-state index in [1.165, 1.54) is 18.2 Å². The number of hydrogen-bond donors (Lipinski definition) is 2. The molecule has 24 heavy (non-hydrogen) atoms. The quantitative estimate of drug-likeness (QED) is 0.461. The lowest BCUT2D eigenvalue weighted by molar-refractivity contribution is -0.384. The lowest BCUT2D eigenvalue weighted by atomic mass is 10.1. The summed E-state index contributed by atoms with van der Waals surface area (Å²) in [4.78, 5) is 40.1. The van der Waals surface area contributed by atoms with Crippen LogP contribution in [0.5, 0.6) is 5.75 Å². The number of carbonyl (C=O) groups excluding carboxylic acids is 1. The topological polar surface area (TPSA) is 124 Å². The highest BCUT2D eigenvalue weighted by Gasteiger charge is 2.24. The maximum Gasteiger partial charge on any atom is 0.300 e. The van der Waals surface area contributed by atoms with Gasteiger partial charge in [0.15, 0.2) is 0 Å². The van der Waals surface area contributed by atoms with E-state index in [0.29, 0.717) is 0 Å². The van der Waals surface area contributed by atoms with Gasteiger partial charge in [-0.1, -0.05) is 12.7 Å². The molecule has 0 aliphatic rings. The summed E-state index contributed by atoms with van der Waals surface area (Å²) >= 11 is 0. The molecule has 0 aliphatic heterocycles. The number of nitro benzene ring substituents is 1. The number of pyridine rings is 1. The Morgan fingerprint density at radius 3 is 2.83 bits per heavy atom. The molecule has 0 bridgehead atoms. The Labute approximate surface area is 135 Å². The Morgan fingerprint density at radius 1 is 1.54 bits per heavy atom. The van der Waals surface area contributed by atoms with Crippen molar-refractivity contribution in [3.63, 3.8) is 0 Å². The minimum absolute atomic E-state index is 0.0361. The van der Waals surface area contributed by atoms with E-state index in [1.807, 2.05) is 0 Å². The number of fused-ring (bicyclic) bond motifs is 1. The van der Waals surface area contributed by atoms with Gasteiger partial charge in [0, 0.05) is 18.7 Å². The summed E-state index contributed by atoms with van der Waals surface area (Å²) in [5.74, 6) is -1.44. The van der Waals surface area contributed by atoms with Crippen molar-refractivity contribution in [3.05, 3.63) is 56.9 Å². The number of non-ortho nitro benzene ring substituents is 1. The van der Waals surface area contributed by atoms with E-state index in [1.54, 1.807) is 6.92 Å². The third kappa shape index (κ3) is 2.91. The van der Waals surface area contributed by atoms with Crippen molar-refractivity contribution in [2.45, 2.75) is 6.92 Å². The molecule has 126 valence electrons. The van der Waals surface area contributed by atoms with Crippen LogP contribution in [0.4, 0.5) is 5.69 Å². The molecule has 9 nitrogen and oxygen atoms in total. The Bertz CT molecular complexity index is 887. The van der Waals surface area contributed by atoms with Crippen LogP contribution in [0.15, 0.2) is 35.6 Å². The summed E-state index contributed by atoms with van der Waals surface area (Å²) < 4.78 is 0.811. The van der Waals surface area contributed by atoms with Crippen molar-refractivity contribution in [3.8, 4) is 5.75 Å². The van der Waals surface area contributed by atoms with Crippen molar-refractivity contribution in [2.24, 2.45) is 0 Å². The molecule has 1 aromatic heterocycles. The molecule has 1 heterocycles. The fraction of sp³-hybridized carbons (Fsp3) is 0.200. The normalized spacial score (nSPS) is 10.4. The van der Waals surface area contributed by atoms with E-state index in [4.69, 9.17) is 4.84 Å². The first-order valence-electron chi connectivity index (χ1n) is 7.00. The van der Waals surface area contributed by atoms with Gasteiger partial charge in [0.1, 0.15) is 17.9 Å². The number of rotatable bonds is 6. The summed E-state index contributed by atoms with van der Waals surface area (Å²) in [6.45, 7) is 5.31. The number of carbonyl (C=O) groups is 1. The molecular formula is C15H15N3O6. The molecule has 0 unspecified atom stereocenters. The first-order chi connectivity index (χ1) is 11.4. The third-order valence-electron chi connectivity index (χ3n) is 3.19. The fourth-order valence-corrected chi connectivity index (χ4v) is 2.16. The minimum atomic E-state index is -0.873. The standard InChI is InChI=1S/C15H15N3O6/c1-3-7-24-17-11-6-5-9(18(22)23)8-10(11)13(19)12(15(17)21)14(20)16-4-2/h3,5-6,8,19H,1,4,7H2,2H3,(H,16,20). The van der Waals surface area contributed by atoms with Crippen LogP contribution >= 0.6 is 0 Å². The number of aromatic hydroxyl groups is 1. The molecule has 1 aromatic carbocycles. The molecule has 0 atom stereocenters. The second kappa shape index (κ2) is 6.82. The number of aromatic nitrogens is 1. The van der Waals surface area contributed by atoms with Gasteiger partial charge in [0.2, 0.25) is 0 Å². The molecule has 0 spiro atoms. The van der Waals surface area contributed by atoms with Crippen molar-refractivity contribution in [1.29, 1.82) is 0 Å². The van der Waals surface area contributed by atoms with Gasteiger partial charge in [-0.15, -0.1) is 4.73 Å². The Kier molecular flexibility index (Phi) is 4.83. The van der Waals surface area contributed by atoms with Crippen LogP contribution in [0.1, 0.15) is 17.3 Å². The molecule has 0 saturated carbocycles. The molecule has 0 saturated heterocycles. The van der Waals surface area contributed by atoms with Crippen LogP contribution < -0.4 is 15.7 Å². The molecule has 0 radical (unpaired) electrons. The number of amides is 1. The van der Waals surface area contributed by atoms with Gasteiger partial charge in [-0.25, -0.2) is 0 Å². The first-order valence-corrected chi connectivity index (χ1v) is 7.00. The Balaban J connectivity index is 2.85. The first kappa shape index (κ1) is 17.0. The molecule has 0 aliphatic carbocycles. The van der Waals surface area contributed by atoms with E-state index < -0.39 is 27.7 Å². The zero-order chi connectivity index (χ0) is 17.9. The number of nitro groups is 1. The predicted octanol–water partition coefficient (Wildman–Crippen LogP) is 0.980. The Hall–Kier alpha value is -3.36. The van der Waals surface area contributed by atoms with Crippen LogP contribution in [0.2, 0.25) is 0 Å². The highest BCUT2D eigenvalue weighted by Crippen LogP contribution is 2.29. The van der Waals surface area contributed by atoms with E-state index in [9.17, 15) is 24.8 Å². The fourth-order valence-electron chi connectivity index (χ4n) is 2.16. The van der Waals surface area contributed by atoms with Gasteiger partial charge in [0.05, 0.1) is 15.8 Å². The molecule has 9 heteroatoms. The van der Waals surface area contributed by atoms with Crippen molar-refractivity contribution >= 4 is 22.5 Å². The summed E-state index contributed by atoms with van der Waals surface area (Å²) in [5.41, 5.74) is -1.62. The van der Waals surface area contributed by atoms with E-state index in [0.717, 1.165) is 10.8 Å². The van der Waals surface area contributed by atoms with Gasteiger partial charge < -0.3 is 15.3 Å². The SMILES string of the molecule is C=CCOn1c(=O)c(C(=O)NCC)c(O)c2cc([N+](=O)[O-])ccc21. The van der Waals surface area contributed by atoms with Crippen molar-refractivity contribution in [2.75, 3.05) is 13.2 Å². The van der Waals surface area contributed by atoms with Crippen molar-refractivity contribution in [1.82, 2.24) is 10.0 Å². The van der Waals surface area contributed by atoms with Crippen LogP contribution in [0, 0.1) is 10.1 Å². The molecule has 2 aromatic rings. The monoisotopic (exact) mass is 333 g/mol. The maximum atomic E-state index is 12.5. The molecular weight excluding hydrogens is 318 g/mol. The lowest BCUT2D eigenvalue weighted by Gasteiger charge is -2.14. The van der Waals surface area contributed by atoms with Gasteiger partial charge in [-0.3, -0.25) is 19.7 Å². The van der Waals surface area contributed by atoms with Crippen LogP contribution in [-0.4, -0.2) is 33.8 Å². The lowest BCUT2D eigenvalue weighted by Crippen LogP contribution is -2.36. The third-order valence-corrected chi connectivity index (χ3v) is 3.19. The molecule has 2 N–H and O–H groups in total. The number of hydrogen-bond acceptors (Lipinski definition) is 6. The van der Waals surface area contributed by atoms with Crippen LogP contribution in [-0.2, 0) is 0 Å². The molecule has 0 fully saturated rings. The highest BCUT2D eigenvalue weighted by atomic mass is 16.7. The highest BCUT2D eigenvalue weighted by molar-refractivity contribution is 6.02. The summed E-state index contributed by atoms with van der Waals surface area (Å²) in [7, 11) is 0. The van der Waals surface area contributed by atoms with Gasteiger partial charge >= 0.3 is 0 Å².